The summed E-state index contributed by atoms with van der Waals surface area (Å²) in [5.74, 6) is 0.0568. The van der Waals surface area contributed by atoms with E-state index >= 15 is 0 Å². The van der Waals surface area contributed by atoms with Crippen molar-refractivity contribution in [3.05, 3.63) is 95.3 Å². The van der Waals surface area contributed by atoms with E-state index in [4.69, 9.17) is 4.98 Å². The smallest absolute Gasteiger partial charge is 0.274 e. The summed E-state index contributed by atoms with van der Waals surface area (Å²) in [6.45, 7) is 4.17. The number of para-hydroxylation sites is 1. The number of nitrogens with one attached hydrogen (secondary N) is 3. The third-order valence-corrected chi connectivity index (χ3v) is 7.67. The maximum Gasteiger partial charge on any atom is 0.274 e. The summed E-state index contributed by atoms with van der Waals surface area (Å²) in [6, 6.07) is 14.1. The van der Waals surface area contributed by atoms with Crippen molar-refractivity contribution in [3.63, 3.8) is 0 Å². The molecule has 4 N–H and O–H groups in total. The van der Waals surface area contributed by atoms with Crippen molar-refractivity contribution >= 4 is 45.9 Å². The molecule has 0 bridgehead atoms. The first-order valence-corrected chi connectivity index (χ1v) is 13.7. The van der Waals surface area contributed by atoms with E-state index in [2.05, 4.69) is 35.7 Å². The minimum atomic E-state index is -0.523. The minimum Gasteiger partial charge on any atom is -0.493 e. The van der Waals surface area contributed by atoms with Crippen LogP contribution >= 0.6 is 0 Å². The lowest BCUT2D eigenvalue weighted by molar-refractivity contribution is 0.0994. The number of anilines is 4. The second kappa shape index (κ2) is 10.3. The highest BCUT2D eigenvalue weighted by atomic mass is 16.3. The molecule has 0 unspecified atom stereocenters. The van der Waals surface area contributed by atoms with Crippen LogP contribution in [-0.4, -0.2) is 51.6 Å². The van der Waals surface area contributed by atoms with E-state index in [0.717, 1.165) is 39.7 Å². The third-order valence-electron chi connectivity index (χ3n) is 7.67. The van der Waals surface area contributed by atoms with Gasteiger partial charge in [-0.25, -0.2) is 19.9 Å². The van der Waals surface area contributed by atoms with Crippen molar-refractivity contribution in [2.45, 2.75) is 20.4 Å². The van der Waals surface area contributed by atoms with Gasteiger partial charge >= 0.3 is 0 Å². The van der Waals surface area contributed by atoms with Gasteiger partial charge in [-0.05, 0) is 37.6 Å². The number of aromatic hydroxyl groups is 1. The molecule has 4 aromatic heterocycles. The quantitative estimate of drug-likeness (QED) is 0.218. The molecule has 6 aromatic rings. The summed E-state index contributed by atoms with van der Waals surface area (Å²) in [4.78, 5) is 48.4. The SMILES string of the molecule is Cc1cnc(Nc2cc(C)n(C)n2)nc1-c1c[nH]c2c(N3Cc4c(NC(=O)c5cc(O)ncn5)cccc4C3=O)cccc12. The number of aryl methyl sites for hydroxylation is 3. The van der Waals surface area contributed by atoms with Crippen LogP contribution in [0.4, 0.5) is 23.1 Å². The highest BCUT2D eigenvalue weighted by Gasteiger charge is 2.32. The summed E-state index contributed by atoms with van der Waals surface area (Å²) in [6.07, 6.45) is 4.76. The minimum absolute atomic E-state index is 0.00785. The third kappa shape index (κ3) is 4.56. The van der Waals surface area contributed by atoms with Crippen LogP contribution in [0.15, 0.2) is 67.3 Å². The van der Waals surface area contributed by atoms with Gasteiger partial charge in [0.15, 0.2) is 5.82 Å². The lowest BCUT2D eigenvalue weighted by Gasteiger charge is -2.17. The maximum absolute atomic E-state index is 13.7. The van der Waals surface area contributed by atoms with E-state index in [0.29, 0.717) is 34.3 Å². The van der Waals surface area contributed by atoms with Crippen molar-refractivity contribution in [2.24, 2.45) is 7.05 Å². The number of fused-ring (bicyclic) bond motifs is 2. The van der Waals surface area contributed by atoms with E-state index in [1.54, 1.807) is 34.0 Å². The van der Waals surface area contributed by atoms with E-state index in [1.807, 2.05) is 51.4 Å². The molecule has 0 aliphatic carbocycles. The summed E-state index contributed by atoms with van der Waals surface area (Å²) in [5, 5.41) is 21.0. The molecule has 44 heavy (non-hydrogen) atoms. The van der Waals surface area contributed by atoms with Crippen LogP contribution in [-0.2, 0) is 13.6 Å². The number of aromatic amines is 1. The lowest BCUT2D eigenvalue weighted by atomic mass is 10.1. The molecule has 2 amide bonds. The van der Waals surface area contributed by atoms with E-state index < -0.39 is 5.91 Å². The molecule has 0 saturated heterocycles. The molecule has 0 atom stereocenters. The van der Waals surface area contributed by atoms with Crippen molar-refractivity contribution in [3.8, 4) is 17.1 Å². The van der Waals surface area contributed by atoms with Gasteiger partial charge in [0, 0.05) is 65.0 Å². The number of amides is 2. The monoisotopic (exact) mass is 586 g/mol. The lowest BCUT2D eigenvalue weighted by Crippen LogP contribution is -2.23. The Hall–Kier alpha value is -6.11. The molecule has 218 valence electrons. The van der Waals surface area contributed by atoms with Crippen molar-refractivity contribution in [2.75, 3.05) is 15.5 Å². The first-order valence-electron chi connectivity index (χ1n) is 13.7. The van der Waals surface area contributed by atoms with Gasteiger partial charge in [0.1, 0.15) is 12.0 Å². The number of nitrogens with zero attached hydrogens (tertiary/aromatic N) is 7. The van der Waals surface area contributed by atoms with Gasteiger partial charge in [-0.15, -0.1) is 0 Å². The summed E-state index contributed by atoms with van der Waals surface area (Å²) < 4.78 is 1.78. The molecule has 0 spiro atoms. The van der Waals surface area contributed by atoms with Crippen molar-refractivity contribution in [1.82, 2.24) is 34.7 Å². The molecule has 0 radical (unpaired) electrons. The molecular formula is C31H26N10O3. The van der Waals surface area contributed by atoms with Crippen LogP contribution in [0.3, 0.4) is 0 Å². The normalized spacial score (nSPS) is 12.5. The second-order valence-corrected chi connectivity index (χ2v) is 10.5. The Morgan fingerprint density at radius 3 is 2.68 bits per heavy atom. The van der Waals surface area contributed by atoms with Crippen LogP contribution in [0.2, 0.25) is 0 Å². The summed E-state index contributed by atoms with van der Waals surface area (Å²) >= 11 is 0. The van der Waals surface area contributed by atoms with Gasteiger partial charge in [-0.2, -0.15) is 5.10 Å². The number of carbonyl (C=O) groups is 2. The van der Waals surface area contributed by atoms with Crippen molar-refractivity contribution < 1.29 is 14.7 Å². The molecule has 1 aliphatic heterocycles. The summed E-state index contributed by atoms with van der Waals surface area (Å²) in [5.41, 5.74) is 6.64. The fraction of sp³-hybridized carbons (Fsp3) is 0.129. The average molecular weight is 587 g/mol. The van der Waals surface area contributed by atoms with Gasteiger partial charge in [0.2, 0.25) is 11.8 Å². The van der Waals surface area contributed by atoms with E-state index in [1.165, 1.54) is 6.07 Å². The van der Waals surface area contributed by atoms with Gasteiger partial charge in [-0.1, -0.05) is 18.2 Å². The highest BCUT2D eigenvalue weighted by Crippen LogP contribution is 2.39. The number of hydrogen-bond acceptors (Lipinski definition) is 9. The predicted octanol–water partition coefficient (Wildman–Crippen LogP) is 4.63. The Balaban J connectivity index is 1.20. The zero-order valence-corrected chi connectivity index (χ0v) is 24.0. The van der Waals surface area contributed by atoms with Gasteiger partial charge in [-0.3, -0.25) is 14.3 Å². The van der Waals surface area contributed by atoms with Crippen LogP contribution in [0, 0.1) is 13.8 Å². The standard InChI is InChI=1S/C31H26N10O3/c1-16-12-33-31(37-25-10-17(2)40(3)39-25)38-27(16)20-13-32-28-18(20)6-5-9-24(28)41-14-21-19(30(41)44)7-4-8-22(21)36-29(43)23-11-26(42)35-15-34-23/h4-13,15,32H,14H2,1-3H3,(H,36,43)(H,34,35,42)(H,33,37,38,39). The average Bonchev–Trinajstić information content (AvgIpc) is 3.69. The first kappa shape index (κ1) is 26.8. The Labute approximate surface area is 250 Å². The fourth-order valence-electron chi connectivity index (χ4n) is 5.37. The molecule has 2 aromatic carbocycles. The zero-order chi connectivity index (χ0) is 30.5. The molecule has 0 fully saturated rings. The number of aromatic nitrogens is 7. The van der Waals surface area contributed by atoms with Crippen LogP contribution in [0.1, 0.15) is 37.7 Å². The molecule has 13 nitrogen and oxygen atoms in total. The number of carbonyl (C=O) groups excluding carboxylic acids is 2. The second-order valence-electron chi connectivity index (χ2n) is 10.5. The largest absolute Gasteiger partial charge is 0.493 e. The molecule has 13 heteroatoms. The van der Waals surface area contributed by atoms with Crippen molar-refractivity contribution in [1.29, 1.82) is 0 Å². The highest BCUT2D eigenvalue weighted by molar-refractivity contribution is 6.16. The fourth-order valence-corrected chi connectivity index (χ4v) is 5.37. The van der Waals surface area contributed by atoms with Crippen LogP contribution < -0.4 is 15.5 Å². The molecule has 1 aliphatic rings. The Morgan fingerprint density at radius 1 is 1.05 bits per heavy atom. The van der Waals surface area contributed by atoms with Crippen LogP contribution in [0.25, 0.3) is 22.2 Å². The Bertz CT molecular complexity index is 2100. The predicted molar refractivity (Wildman–Crippen MR) is 164 cm³/mol. The van der Waals surface area contributed by atoms with E-state index in [9.17, 15) is 14.7 Å². The molecule has 0 saturated carbocycles. The summed E-state index contributed by atoms with van der Waals surface area (Å²) in [7, 11) is 1.87. The number of hydrogen-bond donors (Lipinski definition) is 4. The maximum atomic E-state index is 13.7. The van der Waals surface area contributed by atoms with E-state index in [-0.39, 0.29) is 24.0 Å². The van der Waals surface area contributed by atoms with Gasteiger partial charge in [0.05, 0.1) is 23.4 Å². The number of rotatable bonds is 6. The van der Waals surface area contributed by atoms with Gasteiger partial charge in [0.25, 0.3) is 11.8 Å². The zero-order valence-electron chi connectivity index (χ0n) is 24.0. The van der Waals surface area contributed by atoms with Crippen LogP contribution in [0.5, 0.6) is 5.88 Å². The Morgan fingerprint density at radius 2 is 1.89 bits per heavy atom. The number of H-pyrrole nitrogens is 1. The molecule has 5 heterocycles. The Kier molecular flexibility index (Phi) is 6.27. The first-order chi connectivity index (χ1) is 21.3. The number of benzene rings is 2. The van der Waals surface area contributed by atoms with Gasteiger partial charge < -0.3 is 25.6 Å². The molecule has 7 rings (SSSR count). The molecular weight excluding hydrogens is 560 g/mol. The topological polar surface area (TPSA) is 167 Å².